The average Bonchev–Trinajstić information content (AvgIpc) is 2.74. The molecule has 1 fully saturated rings. The van der Waals surface area contributed by atoms with Gasteiger partial charge < -0.3 is 9.80 Å². The minimum absolute atomic E-state index is 0.213. The zero-order chi connectivity index (χ0) is 13.1. The van der Waals surface area contributed by atoms with Crippen molar-refractivity contribution in [3.8, 4) is 0 Å². The minimum atomic E-state index is -0.213. The summed E-state index contributed by atoms with van der Waals surface area (Å²) in [5.41, 5.74) is 1.74. The summed E-state index contributed by atoms with van der Waals surface area (Å²) in [4.78, 5) is 4.49. The van der Waals surface area contributed by atoms with Gasteiger partial charge in [0, 0.05) is 31.2 Å². The smallest absolute Gasteiger partial charge is 0.125 e. The third-order valence-corrected chi connectivity index (χ3v) is 4.00. The second kappa shape index (κ2) is 5.89. The van der Waals surface area contributed by atoms with E-state index in [4.69, 9.17) is 11.6 Å². The van der Waals surface area contributed by atoms with E-state index in [-0.39, 0.29) is 5.82 Å². The molecule has 0 aromatic heterocycles. The predicted molar refractivity (Wildman–Crippen MR) is 74.9 cm³/mol. The topological polar surface area (TPSA) is 6.48 Å². The van der Waals surface area contributed by atoms with Crippen LogP contribution in [0.25, 0.3) is 0 Å². The first kappa shape index (κ1) is 13.6. The van der Waals surface area contributed by atoms with Gasteiger partial charge in [-0.15, -0.1) is 11.6 Å². The number of nitrogens with zero attached hydrogens (tertiary/aromatic N) is 2. The Labute approximate surface area is 113 Å². The van der Waals surface area contributed by atoms with Crippen molar-refractivity contribution >= 4 is 17.3 Å². The van der Waals surface area contributed by atoms with Crippen molar-refractivity contribution in [3.05, 3.63) is 29.6 Å². The van der Waals surface area contributed by atoms with Gasteiger partial charge in [-0.1, -0.05) is 0 Å². The molecular weight excluding hydrogens is 251 g/mol. The van der Waals surface area contributed by atoms with Crippen molar-refractivity contribution in [1.82, 2.24) is 4.90 Å². The summed E-state index contributed by atoms with van der Waals surface area (Å²) >= 11 is 5.78. The van der Waals surface area contributed by atoms with E-state index in [1.807, 2.05) is 13.1 Å². The second-order valence-corrected chi connectivity index (χ2v) is 5.38. The number of anilines is 1. The Morgan fingerprint density at radius 2 is 2.22 bits per heavy atom. The summed E-state index contributed by atoms with van der Waals surface area (Å²) in [6, 6.07) is 5.60. The van der Waals surface area contributed by atoms with Crippen LogP contribution in [0.2, 0.25) is 0 Å². The molecule has 2 nitrogen and oxygen atoms in total. The molecule has 0 N–H and O–H groups in total. The first-order valence-electron chi connectivity index (χ1n) is 6.37. The number of hydrogen-bond donors (Lipinski definition) is 0. The lowest BCUT2D eigenvalue weighted by molar-refractivity contribution is 0.314. The van der Waals surface area contributed by atoms with Gasteiger partial charge in [0.25, 0.3) is 0 Å². The monoisotopic (exact) mass is 270 g/mol. The molecule has 1 aromatic carbocycles. The van der Waals surface area contributed by atoms with Crippen LogP contribution < -0.4 is 4.90 Å². The fourth-order valence-electron chi connectivity index (χ4n) is 2.56. The van der Waals surface area contributed by atoms with E-state index in [1.165, 1.54) is 18.9 Å². The Hall–Kier alpha value is -0.800. The Morgan fingerprint density at radius 3 is 2.83 bits per heavy atom. The van der Waals surface area contributed by atoms with Crippen molar-refractivity contribution in [2.75, 3.05) is 32.1 Å². The van der Waals surface area contributed by atoms with E-state index in [0.29, 0.717) is 11.9 Å². The van der Waals surface area contributed by atoms with Crippen LogP contribution in [-0.2, 0) is 5.88 Å². The van der Waals surface area contributed by atoms with Gasteiger partial charge in [-0.25, -0.2) is 4.39 Å². The normalized spacial score (nSPS) is 20.3. The number of halogens is 2. The van der Waals surface area contributed by atoms with Gasteiger partial charge in [0.05, 0.1) is 0 Å². The lowest BCUT2D eigenvalue weighted by Crippen LogP contribution is -2.36. The molecule has 0 spiro atoms. The Morgan fingerprint density at radius 1 is 1.44 bits per heavy atom. The number of likely N-dealkylation sites (tertiary alicyclic amines) is 1. The molecule has 1 atom stereocenters. The molecule has 18 heavy (non-hydrogen) atoms. The average molecular weight is 271 g/mol. The summed E-state index contributed by atoms with van der Waals surface area (Å²) in [6.45, 7) is 2.09. The molecule has 1 heterocycles. The SMILES string of the molecule is CN(CC1CCCN1C)c1cc(F)cc(CCl)c1. The van der Waals surface area contributed by atoms with Crippen molar-refractivity contribution < 1.29 is 4.39 Å². The summed E-state index contributed by atoms with van der Waals surface area (Å²) < 4.78 is 13.5. The lowest BCUT2D eigenvalue weighted by atomic mass is 10.1. The van der Waals surface area contributed by atoms with Gasteiger partial charge in [0.15, 0.2) is 0 Å². The van der Waals surface area contributed by atoms with Crippen LogP contribution in [0.3, 0.4) is 0 Å². The van der Waals surface area contributed by atoms with E-state index in [9.17, 15) is 4.39 Å². The largest absolute Gasteiger partial charge is 0.373 e. The molecule has 0 aliphatic carbocycles. The van der Waals surface area contributed by atoms with Crippen LogP contribution in [0.1, 0.15) is 18.4 Å². The quantitative estimate of drug-likeness (QED) is 0.776. The highest BCUT2D eigenvalue weighted by molar-refractivity contribution is 6.17. The standard InChI is InChI=1S/C14H20ClFN2/c1-17-5-3-4-13(17)10-18(2)14-7-11(9-15)6-12(16)8-14/h6-8,13H,3-5,9-10H2,1-2H3. The third kappa shape index (κ3) is 3.15. The number of likely N-dealkylation sites (N-methyl/N-ethyl adjacent to an activating group) is 2. The third-order valence-electron chi connectivity index (χ3n) is 3.69. The van der Waals surface area contributed by atoms with E-state index in [2.05, 4.69) is 16.8 Å². The molecule has 2 rings (SSSR count). The molecule has 0 saturated carbocycles. The Balaban J connectivity index is 2.08. The molecule has 0 amide bonds. The van der Waals surface area contributed by atoms with Gasteiger partial charge in [0.2, 0.25) is 0 Å². The Kier molecular flexibility index (Phi) is 4.46. The fraction of sp³-hybridized carbons (Fsp3) is 0.571. The molecule has 1 aliphatic rings. The molecule has 1 unspecified atom stereocenters. The molecule has 1 saturated heterocycles. The summed E-state index contributed by atoms with van der Waals surface area (Å²) in [5.74, 6) is 0.136. The van der Waals surface area contributed by atoms with Crippen LogP contribution >= 0.6 is 11.6 Å². The van der Waals surface area contributed by atoms with Crippen LogP contribution in [0.15, 0.2) is 18.2 Å². The molecular formula is C14H20ClFN2. The van der Waals surface area contributed by atoms with E-state index >= 15 is 0 Å². The highest BCUT2D eigenvalue weighted by atomic mass is 35.5. The van der Waals surface area contributed by atoms with E-state index in [0.717, 1.165) is 24.3 Å². The van der Waals surface area contributed by atoms with Crippen LogP contribution in [0.5, 0.6) is 0 Å². The number of rotatable bonds is 4. The summed E-state index contributed by atoms with van der Waals surface area (Å²) in [7, 11) is 4.17. The Bertz CT molecular complexity index is 411. The molecule has 100 valence electrons. The number of hydrogen-bond acceptors (Lipinski definition) is 2. The first-order valence-corrected chi connectivity index (χ1v) is 6.90. The molecule has 1 aromatic rings. The maximum absolute atomic E-state index is 13.5. The molecule has 1 aliphatic heterocycles. The zero-order valence-electron chi connectivity index (χ0n) is 11.0. The van der Waals surface area contributed by atoms with Gasteiger partial charge in [-0.05, 0) is 50.2 Å². The van der Waals surface area contributed by atoms with Crippen molar-refractivity contribution in [2.24, 2.45) is 0 Å². The van der Waals surface area contributed by atoms with Gasteiger partial charge in [0.1, 0.15) is 5.82 Å². The second-order valence-electron chi connectivity index (χ2n) is 5.11. The van der Waals surface area contributed by atoms with E-state index in [1.54, 1.807) is 6.07 Å². The number of benzene rings is 1. The zero-order valence-corrected chi connectivity index (χ0v) is 11.8. The van der Waals surface area contributed by atoms with Crippen LogP contribution in [-0.4, -0.2) is 38.1 Å². The van der Waals surface area contributed by atoms with Gasteiger partial charge in [-0.2, -0.15) is 0 Å². The maximum atomic E-state index is 13.5. The van der Waals surface area contributed by atoms with E-state index < -0.39 is 0 Å². The number of alkyl halides is 1. The maximum Gasteiger partial charge on any atom is 0.125 e. The first-order chi connectivity index (χ1) is 8.60. The summed E-state index contributed by atoms with van der Waals surface area (Å²) in [5, 5.41) is 0. The molecule has 4 heteroatoms. The lowest BCUT2D eigenvalue weighted by Gasteiger charge is -2.27. The van der Waals surface area contributed by atoms with Crippen molar-refractivity contribution in [1.29, 1.82) is 0 Å². The molecule has 0 radical (unpaired) electrons. The highest BCUT2D eigenvalue weighted by Gasteiger charge is 2.22. The van der Waals surface area contributed by atoms with Crippen LogP contribution in [0.4, 0.5) is 10.1 Å². The summed E-state index contributed by atoms with van der Waals surface area (Å²) in [6.07, 6.45) is 2.48. The molecule has 0 bridgehead atoms. The van der Waals surface area contributed by atoms with Gasteiger partial charge in [-0.3, -0.25) is 0 Å². The van der Waals surface area contributed by atoms with Gasteiger partial charge >= 0.3 is 0 Å². The minimum Gasteiger partial charge on any atom is -0.373 e. The van der Waals surface area contributed by atoms with Crippen LogP contribution in [0, 0.1) is 5.82 Å². The van der Waals surface area contributed by atoms with Crippen molar-refractivity contribution in [3.63, 3.8) is 0 Å². The fourth-order valence-corrected chi connectivity index (χ4v) is 2.72. The highest BCUT2D eigenvalue weighted by Crippen LogP contribution is 2.22. The van der Waals surface area contributed by atoms with Crippen molar-refractivity contribution in [2.45, 2.75) is 24.8 Å². The predicted octanol–water partition coefficient (Wildman–Crippen LogP) is 3.09.